The molecule has 3 aromatic rings. The monoisotopic (exact) mass is 370 g/mol. The van der Waals surface area contributed by atoms with Crippen molar-refractivity contribution >= 4 is 27.5 Å². The Hall–Kier alpha value is -2.93. The lowest BCUT2D eigenvalue weighted by molar-refractivity contribution is -0.127. The van der Waals surface area contributed by atoms with Gasteiger partial charge in [-0.15, -0.1) is 6.58 Å². The van der Waals surface area contributed by atoms with Gasteiger partial charge in [-0.1, -0.05) is 29.5 Å². The van der Waals surface area contributed by atoms with E-state index in [-0.39, 0.29) is 12.4 Å². The Labute approximate surface area is 152 Å². The highest BCUT2D eigenvalue weighted by molar-refractivity contribution is 7.16. The van der Waals surface area contributed by atoms with E-state index in [2.05, 4.69) is 11.6 Å². The molecule has 1 aliphatic rings. The average molecular weight is 370 g/mol. The number of amides is 1. The predicted octanol–water partition coefficient (Wildman–Crippen LogP) is 3.30. The number of allylic oxidation sites excluding steroid dienone is 1. The van der Waals surface area contributed by atoms with Gasteiger partial charge in [0, 0.05) is 6.54 Å². The number of carbonyl (C=O) groups is 1. The molecule has 7 heteroatoms. The highest BCUT2D eigenvalue weighted by atomic mass is 32.1. The lowest BCUT2D eigenvalue weighted by Crippen LogP contribution is -2.36. The SMILES string of the molecule is C=CCn1c(=NC(=O)[C@H]2COc3ccccc3O2)sc2cc(F)ccc21. The minimum Gasteiger partial charge on any atom is -0.485 e. The van der Waals surface area contributed by atoms with Gasteiger partial charge in [-0.25, -0.2) is 4.39 Å². The molecule has 132 valence electrons. The van der Waals surface area contributed by atoms with Crippen molar-refractivity contribution in [2.75, 3.05) is 6.61 Å². The van der Waals surface area contributed by atoms with Gasteiger partial charge in [0.1, 0.15) is 12.4 Å². The van der Waals surface area contributed by atoms with Crippen molar-refractivity contribution < 1.29 is 18.7 Å². The van der Waals surface area contributed by atoms with Crippen molar-refractivity contribution in [1.29, 1.82) is 0 Å². The Kier molecular flexibility index (Phi) is 4.30. The van der Waals surface area contributed by atoms with Crippen LogP contribution in [0.2, 0.25) is 0 Å². The summed E-state index contributed by atoms with van der Waals surface area (Å²) in [5, 5.41) is 0. The molecule has 0 spiro atoms. The summed E-state index contributed by atoms with van der Waals surface area (Å²) < 4.78 is 27.3. The van der Waals surface area contributed by atoms with Crippen LogP contribution in [0.15, 0.2) is 60.1 Å². The first-order valence-electron chi connectivity index (χ1n) is 8.02. The maximum absolute atomic E-state index is 13.5. The fourth-order valence-corrected chi connectivity index (χ4v) is 3.82. The molecule has 0 bridgehead atoms. The van der Waals surface area contributed by atoms with Gasteiger partial charge in [0.05, 0.1) is 10.2 Å². The molecule has 1 atom stereocenters. The van der Waals surface area contributed by atoms with E-state index in [4.69, 9.17) is 9.47 Å². The van der Waals surface area contributed by atoms with Gasteiger partial charge in [-0.05, 0) is 30.3 Å². The summed E-state index contributed by atoms with van der Waals surface area (Å²) in [7, 11) is 0. The minimum atomic E-state index is -0.816. The molecule has 0 fully saturated rings. The molecule has 0 saturated carbocycles. The molecule has 1 aliphatic heterocycles. The van der Waals surface area contributed by atoms with Crippen molar-refractivity contribution in [2.45, 2.75) is 12.6 Å². The molecule has 0 radical (unpaired) electrons. The Morgan fingerprint density at radius 2 is 2.15 bits per heavy atom. The first kappa shape index (κ1) is 16.5. The molecule has 1 amide bonds. The van der Waals surface area contributed by atoms with E-state index < -0.39 is 12.0 Å². The van der Waals surface area contributed by atoms with Gasteiger partial charge in [-0.2, -0.15) is 4.99 Å². The zero-order valence-electron chi connectivity index (χ0n) is 13.7. The molecule has 4 rings (SSSR count). The molecule has 0 saturated heterocycles. The number of aromatic nitrogens is 1. The zero-order chi connectivity index (χ0) is 18.1. The van der Waals surface area contributed by atoms with Gasteiger partial charge >= 0.3 is 0 Å². The topological polar surface area (TPSA) is 52.8 Å². The number of fused-ring (bicyclic) bond motifs is 2. The maximum atomic E-state index is 13.5. The van der Waals surface area contributed by atoms with E-state index in [0.29, 0.717) is 27.5 Å². The van der Waals surface area contributed by atoms with Crippen LogP contribution in [-0.4, -0.2) is 23.2 Å². The van der Waals surface area contributed by atoms with Crippen LogP contribution < -0.4 is 14.3 Å². The average Bonchev–Trinajstić information content (AvgIpc) is 2.98. The second kappa shape index (κ2) is 6.76. The van der Waals surface area contributed by atoms with Crippen molar-refractivity contribution in [2.24, 2.45) is 4.99 Å². The van der Waals surface area contributed by atoms with E-state index in [1.165, 1.54) is 23.5 Å². The van der Waals surface area contributed by atoms with Crippen molar-refractivity contribution in [3.63, 3.8) is 0 Å². The second-order valence-electron chi connectivity index (χ2n) is 5.71. The number of ether oxygens (including phenoxy) is 2. The summed E-state index contributed by atoms with van der Waals surface area (Å²) in [5.41, 5.74) is 0.800. The number of para-hydroxylation sites is 2. The Morgan fingerprint density at radius 1 is 1.35 bits per heavy atom. The number of nitrogens with zero attached hydrogens (tertiary/aromatic N) is 2. The van der Waals surface area contributed by atoms with Crippen LogP contribution in [-0.2, 0) is 11.3 Å². The highest BCUT2D eigenvalue weighted by Gasteiger charge is 2.27. The summed E-state index contributed by atoms with van der Waals surface area (Å²) in [6.45, 7) is 4.29. The lowest BCUT2D eigenvalue weighted by atomic mass is 10.2. The number of hydrogen-bond acceptors (Lipinski definition) is 4. The predicted molar refractivity (Wildman–Crippen MR) is 96.9 cm³/mol. The van der Waals surface area contributed by atoms with Crippen LogP contribution in [0.5, 0.6) is 11.5 Å². The Bertz CT molecular complexity index is 1070. The molecule has 0 aliphatic carbocycles. The number of benzene rings is 2. The molecule has 2 heterocycles. The van der Waals surface area contributed by atoms with Crippen molar-refractivity contribution in [3.8, 4) is 11.5 Å². The summed E-state index contributed by atoms with van der Waals surface area (Å²) in [6.07, 6.45) is 0.888. The highest BCUT2D eigenvalue weighted by Crippen LogP contribution is 2.31. The fraction of sp³-hybridized carbons (Fsp3) is 0.158. The van der Waals surface area contributed by atoms with Crippen LogP contribution in [0, 0.1) is 5.82 Å². The van der Waals surface area contributed by atoms with Crippen LogP contribution in [0.3, 0.4) is 0 Å². The van der Waals surface area contributed by atoms with Gasteiger partial charge in [-0.3, -0.25) is 4.79 Å². The van der Waals surface area contributed by atoms with Crippen LogP contribution in [0.25, 0.3) is 10.2 Å². The van der Waals surface area contributed by atoms with E-state index in [9.17, 15) is 9.18 Å². The second-order valence-corrected chi connectivity index (χ2v) is 6.72. The smallest absolute Gasteiger partial charge is 0.292 e. The standard InChI is InChI=1S/C19H15FN2O3S/c1-2-9-22-13-8-7-12(20)10-17(13)26-19(22)21-18(23)16-11-24-14-5-3-4-6-15(14)25-16/h2-8,10,16H,1,9,11H2/t16-/m1/s1. The Balaban J connectivity index is 1.70. The fourth-order valence-electron chi connectivity index (χ4n) is 2.75. The first-order valence-corrected chi connectivity index (χ1v) is 8.84. The summed E-state index contributed by atoms with van der Waals surface area (Å²) in [6, 6.07) is 11.7. The number of hydrogen-bond donors (Lipinski definition) is 0. The third-order valence-electron chi connectivity index (χ3n) is 3.95. The van der Waals surface area contributed by atoms with Crippen LogP contribution in [0.1, 0.15) is 0 Å². The largest absolute Gasteiger partial charge is 0.485 e. The minimum absolute atomic E-state index is 0.0975. The van der Waals surface area contributed by atoms with Gasteiger partial charge in [0.2, 0.25) is 6.10 Å². The maximum Gasteiger partial charge on any atom is 0.292 e. The van der Waals surface area contributed by atoms with E-state index >= 15 is 0 Å². The number of carbonyl (C=O) groups excluding carboxylic acids is 1. The zero-order valence-corrected chi connectivity index (χ0v) is 14.5. The van der Waals surface area contributed by atoms with Gasteiger partial charge < -0.3 is 14.0 Å². The van der Waals surface area contributed by atoms with Gasteiger partial charge in [0.15, 0.2) is 16.3 Å². The molecule has 2 aromatic carbocycles. The number of halogens is 1. The van der Waals surface area contributed by atoms with Crippen LogP contribution in [0.4, 0.5) is 4.39 Å². The summed E-state index contributed by atoms with van der Waals surface area (Å²) in [5.74, 6) is 0.354. The molecule has 5 nitrogen and oxygen atoms in total. The normalized spacial score (nSPS) is 16.7. The number of thiazole rings is 1. The summed E-state index contributed by atoms with van der Waals surface area (Å²) in [4.78, 5) is 17.3. The van der Waals surface area contributed by atoms with E-state index in [1.807, 2.05) is 16.7 Å². The Morgan fingerprint density at radius 3 is 2.96 bits per heavy atom. The molecular formula is C19H15FN2O3S. The first-order chi connectivity index (χ1) is 12.7. The quantitative estimate of drug-likeness (QED) is 0.665. The molecular weight excluding hydrogens is 355 g/mol. The third-order valence-corrected chi connectivity index (χ3v) is 4.99. The van der Waals surface area contributed by atoms with Crippen LogP contribution >= 0.6 is 11.3 Å². The number of rotatable bonds is 3. The molecule has 0 unspecified atom stereocenters. The van der Waals surface area contributed by atoms with Crippen molar-refractivity contribution in [3.05, 3.63) is 65.7 Å². The third kappa shape index (κ3) is 3.01. The summed E-state index contributed by atoms with van der Waals surface area (Å²) >= 11 is 1.25. The lowest BCUT2D eigenvalue weighted by Gasteiger charge is -2.23. The van der Waals surface area contributed by atoms with Crippen molar-refractivity contribution in [1.82, 2.24) is 4.57 Å². The van der Waals surface area contributed by atoms with E-state index in [0.717, 1.165) is 5.52 Å². The molecule has 1 aromatic heterocycles. The van der Waals surface area contributed by atoms with Gasteiger partial charge in [0.25, 0.3) is 5.91 Å². The van der Waals surface area contributed by atoms with E-state index in [1.54, 1.807) is 24.3 Å². The molecule has 0 N–H and O–H groups in total. The molecule has 26 heavy (non-hydrogen) atoms.